The molecule has 0 atom stereocenters. The number of nitrogens with zero attached hydrogens (tertiary/aromatic N) is 2. The third-order valence-electron chi connectivity index (χ3n) is 4.19. The van der Waals surface area contributed by atoms with Crippen LogP contribution >= 0.6 is 11.6 Å². The molecule has 0 aliphatic heterocycles. The van der Waals surface area contributed by atoms with Crippen LogP contribution in [0.5, 0.6) is 0 Å². The molecular weight excluding hydrogens is 282 g/mol. The Morgan fingerprint density at radius 2 is 2.05 bits per heavy atom. The fraction of sp³-hybridized carbons (Fsp3) is 0.706. The van der Waals surface area contributed by atoms with Gasteiger partial charge >= 0.3 is 0 Å². The second kappa shape index (κ2) is 8.60. The molecule has 2 rings (SSSR count). The summed E-state index contributed by atoms with van der Waals surface area (Å²) in [6.07, 6.45) is 8.06. The van der Waals surface area contributed by atoms with Gasteiger partial charge in [-0.15, -0.1) is 0 Å². The molecule has 3 nitrogen and oxygen atoms in total. The molecule has 0 amide bonds. The van der Waals surface area contributed by atoms with Gasteiger partial charge in [-0.3, -0.25) is 0 Å². The van der Waals surface area contributed by atoms with E-state index in [0.29, 0.717) is 0 Å². The second-order valence-corrected chi connectivity index (χ2v) is 6.66. The molecule has 1 aromatic rings. The highest BCUT2D eigenvalue weighted by atomic mass is 35.5. The summed E-state index contributed by atoms with van der Waals surface area (Å²) in [6.45, 7) is 5.09. The van der Waals surface area contributed by atoms with Gasteiger partial charge in [0.25, 0.3) is 0 Å². The summed E-state index contributed by atoms with van der Waals surface area (Å²) < 4.78 is 0. The number of rotatable bonds is 7. The average molecular weight is 310 g/mol. The molecule has 1 fully saturated rings. The summed E-state index contributed by atoms with van der Waals surface area (Å²) >= 11 is 6.30. The van der Waals surface area contributed by atoms with Gasteiger partial charge in [0, 0.05) is 19.6 Å². The topological polar surface area (TPSA) is 28.2 Å². The zero-order chi connectivity index (χ0) is 15.1. The molecule has 21 heavy (non-hydrogen) atoms. The van der Waals surface area contributed by atoms with E-state index in [4.69, 9.17) is 11.6 Å². The highest BCUT2D eigenvalue weighted by Gasteiger charge is 2.16. The van der Waals surface area contributed by atoms with Crippen molar-refractivity contribution in [1.29, 1.82) is 0 Å². The number of aromatic nitrogens is 1. The van der Waals surface area contributed by atoms with E-state index < -0.39 is 0 Å². The van der Waals surface area contributed by atoms with Gasteiger partial charge in [-0.25, -0.2) is 4.98 Å². The third-order valence-corrected chi connectivity index (χ3v) is 4.53. The summed E-state index contributed by atoms with van der Waals surface area (Å²) in [5.41, 5.74) is 0.982. The number of halogens is 1. The maximum absolute atomic E-state index is 6.30. The third kappa shape index (κ3) is 5.48. The number of anilines is 1. The zero-order valence-corrected chi connectivity index (χ0v) is 14.1. The molecule has 118 valence electrons. The molecule has 0 saturated heterocycles. The van der Waals surface area contributed by atoms with E-state index >= 15 is 0 Å². The first-order valence-electron chi connectivity index (χ1n) is 8.27. The number of hydrogen-bond donors (Lipinski definition) is 1. The quantitative estimate of drug-likeness (QED) is 0.799. The smallest absolute Gasteiger partial charge is 0.126 e. The van der Waals surface area contributed by atoms with E-state index in [0.717, 1.165) is 48.5 Å². The fourth-order valence-electron chi connectivity index (χ4n) is 3.08. The second-order valence-electron chi connectivity index (χ2n) is 6.25. The van der Waals surface area contributed by atoms with Crippen LogP contribution in [0.15, 0.2) is 12.1 Å². The van der Waals surface area contributed by atoms with E-state index in [2.05, 4.69) is 29.2 Å². The minimum atomic E-state index is 0.771. The minimum absolute atomic E-state index is 0.771. The van der Waals surface area contributed by atoms with Crippen molar-refractivity contribution in [3.63, 3.8) is 0 Å². The molecule has 1 N–H and O–H groups in total. The Bertz CT molecular complexity index is 430. The van der Waals surface area contributed by atoms with Gasteiger partial charge in [0.2, 0.25) is 0 Å². The molecule has 0 spiro atoms. The molecular formula is C17H28ClN3. The van der Waals surface area contributed by atoms with E-state index in [1.165, 1.54) is 32.1 Å². The number of nitrogens with one attached hydrogen (secondary N) is 1. The minimum Gasteiger partial charge on any atom is -0.370 e. The Kier molecular flexibility index (Phi) is 6.78. The van der Waals surface area contributed by atoms with Crippen LogP contribution in [0.2, 0.25) is 5.02 Å². The first-order valence-corrected chi connectivity index (χ1v) is 8.64. The number of pyridine rings is 1. The summed E-state index contributed by atoms with van der Waals surface area (Å²) in [6, 6.07) is 3.92. The van der Waals surface area contributed by atoms with Gasteiger partial charge in [-0.2, -0.15) is 0 Å². The molecule has 0 unspecified atom stereocenters. The SMILES string of the molecule is CCCNc1ccc(Cl)c(CN(C)CC2CCCCC2)n1. The lowest BCUT2D eigenvalue weighted by Crippen LogP contribution is -2.27. The first kappa shape index (κ1) is 16.6. The van der Waals surface area contributed by atoms with E-state index in [1.54, 1.807) is 0 Å². The van der Waals surface area contributed by atoms with Gasteiger partial charge < -0.3 is 10.2 Å². The Hall–Kier alpha value is -0.800. The lowest BCUT2D eigenvalue weighted by atomic mass is 9.89. The summed E-state index contributed by atoms with van der Waals surface area (Å²) in [5.74, 6) is 1.78. The predicted octanol–water partition coefficient (Wildman–Crippen LogP) is 4.57. The lowest BCUT2D eigenvalue weighted by molar-refractivity contribution is 0.226. The van der Waals surface area contributed by atoms with Gasteiger partial charge in [0.15, 0.2) is 0 Å². The van der Waals surface area contributed by atoms with E-state index in [9.17, 15) is 0 Å². The Morgan fingerprint density at radius 3 is 2.76 bits per heavy atom. The van der Waals surface area contributed by atoms with E-state index in [1.807, 2.05) is 12.1 Å². The summed E-state index contributed by atoms with van der Waals surface area (Å²) in [4.78, 5) is 7.03. The largest absolute Gasteiger partial charge is 0.370 e. The van der Waals surface area contributed by atoms with Crippen molar-refractivity contribution >= 4 is 17.4 Å². The van der Waals surface area contributed by atoms with Gasteiger partial charge in [0.05, 0.1) is 10.7 Å². The van der Waals surface area contributed by atoms with Crippen molar-refractivity contribution < 1.29 is 0 Å². The Balaban J connectivity index is 1.90. The predicted molar refractivity (Wildman–Crippen MR) is 90.9 cm³/mol. The Morgan fingerprint density at radius 1 is 1.29 bits per heavy atom. The highest BCUT2D eigenvalue weighted by molar-refractivity contribution is 6.31. The molecule has 0 aromatic carbocycles. The molecule has 1 aromatic heterocycles. The van der Waals surface area contributed by atoms with Crippen molar-refractivity contribution in [2.45, 2.75) is 52.0 Å². The number of hydrogen-bond acceptors (Lipinski definition) is 3. The van der Waals surface area contributed by atoms with Crippen LogP contribution in [0.1, 0.15) is 51.1 Å². The van der Waals surface area contributed by atoms with Crippen LogP contribution in [-0.2, 0) is 6.54 Å². The van der Waals surface area contributed by atoms with Crippen LogP contribution in [0.4, 0.5) is 5.82 Å². The summed E-state index contributed by atoms with van der Waals surface area (Å²) in [5, 5.41) is 4.10. The van der Waals surface area contributed by atoms with Crippen LogP contribution in [0.25, 0.3) is 0 Å². The standard InChI is InChI=1S/C17H28ClN3/c1-3-11-19-17-10-9-15(18)16(20-17)13-21(2)12-14-7-5-4-6-8-14/h9-10,14H,3-8,11-13H2,1-2H3,(H,19,20). The maximum atomic E-state index is 6.30. The van der Waals surface area contributed by atoms with Crippen molar-refractivity contribution in [3.05, 3.63) is 22.8 Å². The molecule has 4 heteroatoms. The highest BCUT2D eigenvalue weighted by Crippen LogP contribution is 2.25. The molecule has 1 aliphatic carbocycles. The maximum Gasteiger partial charge on any atom is 0.126 e. The van der Waals surface area contributed by atoms with E-state index in [-0.39, 0.29) is 0 Å². The Labute approximate surface area is 134 Å². The summed E-state index contributed by atoms with van der Waals surface area (Å²) in [7, 11) is 2.18. The van der Waals surface area contributed by atoms with Gasteiger partial charge in [-0.05, 0) is 44.4 Å². The van der Waals surface area contributed by atoms with Gasteiger partial charge in [-0.1, -0.05) is 37.8 Å². The van der Waals surface area contributed by atoms with Crippen molar-refractivity contribution in [2.24, 2.45) is 5.92 Å². The molecule has 1 heterocycles. The molecule has 0 radical (unpaired) electrons. The van der Waals surface area contributed by atoms with Crippen LogP contribution in [-0.4, -0.2) is 30.0 Å². The van der Waals surface area contributed by atoms with Crippen LogP contribution in [0, 0.1) is 5.92 Å². The lowest BCUT2D eigenvalue weighted by Gasteiger charge is -2.27. The molecule has 0 bridgehead atoms. The van der Waals surface area contributed by atoms with Crippen LogP contribution < -0.4 is 5.32 Å². The fourth-order valence-corrected chi connectivity index (χ4v) is 3.24. The molecule has 1 saturated carbocycles. The zero-order valence-electron chi connectivity index (χ0n) is 13.4. The van der Waals surface area contributed by atoms with Crippen molar-refractivity contribution in [3.8, 4) is 0 Å². The van der Waals surface area contributed by atoms with Gasteiger partial charge in [0.1, 0.15) is 5.82 Å². The monoisotopic (exact) mass is 309 g/mol. The normalized spacial score (nSPS) is 16.4. The average Bonchev–Trinajstić information content (AvgIpc) is 2.49. The molecule has 1 aliphatic rings. The first-order chi connectivity index (χ1) is 10.2. The van der Waals surface area contributed by atoms with Crippen molar-refractivity contribution in [2.75, 3.05) is 25.5 Å². The van der Waals surface area contributed by atoms with Crippen LogP contribution in [0.3, 0.4) is 0 Å². The van der Waals surface area contributed by atoms with Crippen molar-refractivity contribution in [1.82, 2.24) is 9.88 Å².